The van der Waals surface area contributed by atoms with Crippen LogP contribution in [0.1, 0.15) is 26.7 Å². The molecule has 17 heavy (non-hydrogen) atoms. The van der Waals surface area contributed by atoms with Gasteiger partial charge in [-0.2, -0.15) is 0 Å². The molecule has 2 heterocycles. The first-order valence-corrected chi connectivity index (χ1v) is 6.63. The molecule has 1 N–H and O–H groups in total. The van der Waals surface area contributed by atoms with Crippen LogP contribution in [-0.4, -0.2) is 35.6 Å². The number of likely N-dealkylation sites (tertiary alicyclic amines) is 1. The third-order valence-electron chi connectivity index (χ3n) is 3.24. The van der Waals surface area contributed by atoms with E-state index in [1.54, 1.807) is 0 Å². The standard InChI is InChI=1S/C14H23N3/c1-12(2)11-17-8-5-13(6-9-17)16-14-4-3-7-15-10-14/h3-4,7,10,12-13,16H,5-6,8-9,11H2,1-2H3. The normalized spacial score (nSPS) is 18.5. The predicted octanol–water partition coefficient (Wildman–Crippen LogP) is 2.61. The number of nitrogens with one attached hydrogen (secondary N) is 1. The summed E-state index contributed by atoms with van der Waals surface area (Å²) in [5.41, 5.74) is 1.15. The molecule has 3 heteroatoms. The fraction of sp³-hybridized carbons (Fsp3) is 0.643. The Balaban J connectivity index is 1.76. The number of hydrogen-bond donors (Lipinski definition) is 1. The van der Waals surface area contributed by atoms with E-state index in [9.17, 15) is 0 Å². The quantitative estimate of drug-likeness (QED) is 0.866. The Labute approximate surface area is 104 Å². The van der Waals surface area contributed by atoms with E-state index < -0.39 is 0 Å². The molecule has 1 fully saturated rings. The summed E-state index contributed by atoms with van der Waals surface area (Å²) in [6, 6.07) is 4.69. The zero-order valence-electron chi connectivity index (χ0n) is 10.9. The molecule has 1 aromatic rings. The average molecular weight is 233 g/mol. The first-order chi connectivity index (χ1) is 8.24. The van der Waals surface area contributed by atoms with Gasteiger partial charge < -0.3 is 10.2 Å². The Morgan fingerprint density at radius 3 is 2.76 bits per heavy atom. The van der Waals surface area contributed by atoms with E-state index in [0.717, 1.165) is 11.6 Å². The second-order valence-corrected chi connectivity index (χ2v) is 5.35. The highest BCUT2D eigenvalue weighted by molar-refractivity contribution is 5.40. The van der Waals surface area contributed by atoms with Crippen molar-refractivity contribution in [3.05, 3.63) is 24.5 Å². The van der Waals surface area contributed by atoms with Crippen molar-refractivity contribution in [2.75, 3.05) is 25.0 Å². The van der Waals surface area contributed by atoms with Gasteiger partial charge in [0.1, 0.15) is 0 Å². The van der Waals surface area contributed by atoms with Gasteiger partial charge in [0, 0.05) is 38.1 Å². The summed E-state index contributed by atoms with van der Waals surface area (Å²) in [6.07, 6.45) is 6.19. The van der Waals surface area contributed by atoms with Gasteiger partial charge in [0.25, 0.3) is 0 Å². The lowest BCUT2D eigenvalue weighted by molar-refractivity contribution is 0.198. The molecule has 0 unspecified atom stereocenters. The van der Waals surface area contributed by atoms with E-state index in [2.05, 4.69) is 35.1 Å². The fourth-order valence-corrected chi connectivity index (χ4v) is 2.46. The summed E-state index contributed by atoms with van der Waals surface area (Å²) in [7, 11) is 0. The highest BCUT2D eigenvalue weighted by Gasteiger charge is 2.19. The average Bonchev–Trinajstić information content (AvgIpc) is 2.32. The lowest BCUT2D eigenvalue weighted by Gasteiger charge is -2.33. The summed E-state index contributed by atoms with van der Waals surface area (Å²) in [5.74, 6) is 0.776. The zero-order chi connectivity index (χ0) is 12.1. The molecular weight excluding hydrogens is 210 g/mol. The van der Waals surface area contributed by atoms with Gasteiger partial charge in [-0.1, -0.05) is 13.8 Å². The molecule has 3 nitrogen and oxygen atoms in total. The molecule has 1 saturated heterocycles. The van der Waals surface area contributed by atoms with Crippen molar-refractivity contribution < 1.29 is 0 Å². The number of hydrogen-bond acceptors (Lipinski definition) is 3. The summed E-state index contributed by atoms with van der Waals surface area (Å²) in [5, 5.41) is 3.57. The maximum Gasteiger partial charge on any atom is 0.0528 e. The van der Waals surface area contributed by atoms with E-state index in [0.29, 0.717) is 6.04 Å². The second kappa shape index (κ2) is 6.01. The molecule has 94 valence electrons. The van der Waals surface area contributed by atoms with Crippen LogP contribution in [0.3, 0.4) is 0 Å². The molecule has 0 radical (unpaired) electrons. The molecule has 1 aromatic heterocycles. The number of nitrogens with zero attached hydrogens (tertiary/aromatic N) is 2. The Morgan fingerprint density at radius 1 is 1.41 bits per heavy atom. The van der Waals surface area contributed by atoms with Crippen LogP contribution in [0.5, 0.6) is 0 Å². The Hall–Kier alpha value is -1.09. The van der Waals surface area contributed by atoms with Crippen LogP contribution >= 0.6 is 0 Å². The van der Waals surface area contributed by atoms with Crippen LogP contribution in [0.4, 0.5) is 5.69 Å². The van der Waals surface area contributed by atoms with Crippen molar-refractivity contribution in [1.82, 2.24) is 9.88 Å². The summed E-state index contributed by atoms with van der Waals surface area (Å²) >= 11 is 0. The van der Waals surface area contributed by atoms with Crippen LogP contribution in [-0.2, 0) is 0 Å². The van der Waals surface area contributed by atoms with E-state index in [1.807, 2.05) is 18.5 Å². The maximum atomic E-state index is 4.13. The largest absolute Gasteiger partial charge is 0.381 e. The molecule has 0 aromatic carbocycles. The van der Waals surface area contributed by atoms with Gasteiger partial charge in [-0.25, -0.2) is 0 Å². The van der Waals surface area contributed by atoms with Gasteiger partial charge in [0.15, 0.2) is 0 Å². The minimum atomic E-state index is 0.614. The van der Waals surface area contributed by atoms with Crippen molar-refractivity contribution in [3.63, 3.8) is 0 Å². The molecule has 1 aliphatic rings. The third kappa shape index (κ3) is 4.00. The van der Waals surface area contributed by atoms with Crippen LogP contribution in [0.15, 0.2) is 24.5 Å². The Kier molecular flexibility index (Phi) is 4.37. The highest BCUT2D eigenvalue weighted by Crippen LogP contribution is 2.16. The van der Waals surface area contributed by atoms with Crippen molar-refractivity contribution in [2.24, 2.45) is 5.92 Å². The van der Waals surface area contributed by atoms with E-state index in [1.165, 1.54) is 32.5 Å². The van der Waals surface area contributed by atoms with Gasteiger partial charge in [0.2, 0.25) is 0 Å². The van der Waals surface area contributed by atoms with Crippen LogP contribution in [0.25, 0.3) is 0 Å². The minimum absolute atomic E-state index is 0.614. The van der Waals surface area contributed by atoms with Crippen molar-refractivity contribution in [2.45, 2.75) is 32.7 Å². The van der Waals surface area contributed by atoms with Crippen LogP contribution < -0.4 is 5.32 Å². The van der Waals surface area contributed by atoms with Gasteiger partial charge in [-0.15, -0.1) is 0 Å². The number of pyridine rings is 1. The summed E-state index contributed by atoms with van der Waals surface area (Å²) in [6.45, 7) is 8.26. The van der Waals surface area contributed by atoms with E-state index in [-0.39, 0.29) is 0 Å². The molecule has 0 spiro atoms. The topological polar surface area (TPSA) is 28.2 Å². The van der Waals surface area contributed by atoms with Gasteiger partial charge in [-0.05, 0) is 30.9 Å². The fourth-order valence-electron chi connectivity index (χ4n) is 2.46. The van der Waals surface area contributed by atoms with Gasteiger partial charge >= 0.3 is 0 Å². The predicted molar refractivity (Wildman–Crippen MR) is 72.2 cm³/mol. The molecule has 0 saturated carbocycles. The number of piperidine rings is 1. The smallest absolute Gasteiger partial charge is 0.0528 e. The van der Waals surface area contributed by atoms with Crippen molar-refractivity contribution >= 4 is 5.69 Å². The second-order valence-electron chi connectivity index (χ2n) is 5.35. The van der Waals surface area contributed by atoms with Crippen molar-refractivity contribution in [1.29, 1.82) is 0 Å². The molecule has 2 rings (SSSR count). The molecule has 0 aliphatic carbocycles. The maximum absolute atomic E-state index is 4.13. The summed E-state index contributed by atoms with van der Waals surface area (Å²) in [4.78, 5) is 6.71. The lowest BCUT2D eigenvalue weighted by atomic mass is 10.0. The van der Waals surface area contributed by atoms with E-state index >= 15 is 0 Å². The van der Waals surface area contributed by atoms with E-state index in [4.69, 9.17) is 0 Å². The first-order valence-electron chi connectivity index (χ1n) is 6.63. The molecule has 0 amide bonds. The van der Waals surface area contributed by atoms with Crippen LogP contribution in [0, 0.1) is 5.92 Å². The highest BCUT2D eigenvalue weighted by atomic mass is 15.1. The molecule has 0 atom stereocenters. The van der Waals surface area contributed by atoms with Crippen LogP contribution in [0.2, 0.25) is 0 Å². The monoisotopic (exact) mass is 233 g/mol. The molecular formula is C14H23N3. The molecule has 0 bridgehead atoms. The third-order valence-corrected chi connectivity index (χ3v) is 3.24. The number of rotatable bonds is 4. The summed E-state index contributed by atoms with van der Waals surface area (Å²) < 4.78 is 0. The molecule has 1 aliphatic heterocycles. The number of anilines is 1. The Morgan fingerprint density at radius 2 is 2.18 bits per heavy atom. The first kappa shape index (κ1) is 12.4. The minimum Gasteiger partial charge on any atom is -0.381 e. The lowest BCUT2D eigenvalue weighted by Crippen LogP contribution is -2.40. The van der Waals surface area contributed by atoms with Gasteiger partial charge in [-0.3, -0.25) is 4.98 Å². The Bertz CT molecular complexity index is 315. The van der Waals surface area contributed by atoms with Gasteiger partial charge in [0.05, 0.1) is 5.69 Å². The van der Waals surface area contributed by atoms with Crippen molar-refractivity contribution in [3.8, 4) is 0 Å². The SMILES string of the molecule is CC(C)CN1CCC(Nc2cccnc2)CC1. The zero-order valence-corrected chi connectivity index (χ0v) is 10.9. The number of aromatic nitrogens is 1.